The third kappa shape index (κ3) is 3.51. The molecule has 0 amide bonds. The van der Waals surface area contributed by atoms with Gasteiger partial charge in [0.05, 0.1) is 0 Å². The molecule has 1 heteroatoms. The molecule has 0 heterocycles. The molecule has 72 valence electrons. The van der Waals surface area contributed by atoms with Gasteiger partial charge in [0.25, 0.3) is 0 Å². The van der Waals surface area contributed by atoms with E-state index in [2.05, 4.69) is 61.0 Å². The van der Waals surface area contributed by atoms with Crippen molar-refractivity contribution in [2.24, 2.45) is 5.92 Å². The van der Waals surface area contributed by atoms with Crippen LogP contribution in [0.15, 0.2) is 24.3 Å². The zero-order chi connectivity index (χ0) is 9.84. The predicted molar refractivity (Wildman–Crippen MR) is 62.4 cm³/mol. The lowest BCUT2D eigenvalue weighted by Gasteiger charge is -2.13. The highest BCUT2D eigenvalue weighted by Gasteiger charge is 2.09. The quantitative estimate of drug-likeness (QED) is 0.703. The van der Waals surface area contributed by atoms with E-state index < -0.39 is 0 Å². The summed E-state index contributed by atoms with van der Waals surface area (Å²) in [6.45, 7) is 6.61. The molecule has 1 aromatic rings. The van der Waals surface area contributed by atoms with Crippen LogP contribution in [0, 0.1) is 12.8 Å². The van der Waals surface area contributed by atoms with E-state index in [0.29, 0.717) is 10.7 Å². The summed E-state index contributed by atoms with van der Waals surface area (Å²) in [7, 11) is 0. The minimum absolute atomic E-state index is 0.593. The van der Waals surface area contributed by atoms with Gasteiger partial charge in [-0.3, -0.25) is 0 Å². The fourth-order valence-corrected chi connectivity index (χ4v) is 1.56. The molecule has 1 atom stereocenters. The maximum Gasteiger partial charge on any atom is 0.0209 e. The Balaban J connectivity index is 2.59. The van der Waals surface area contributed by atoms with Crippen molar-refractivity contribution in [3.8, 4) is 0 Å². The zero-order valence-corrected chi connectivity index (χ0v) is 10.1. The molecule has 0 aliphatic carbocycles. The van der Waals surface area contributed by atoms with Gasteiger partial charge in [-0.05, 0) is 24.8 Å². The highest BCUT2D eigenvalue weighted by atomic mass is 79.9. The lowest BCUT2D eigenvalue weighted by atomic mass is 10.0. The first-order chi connectivity index (χ1) is 6.09. The second kappa shape index (κ2) is 4.80. The summed E-state index contributed by atoms with van der Waals surface area (Å²) in [5.41, 5.74) is 2.75. The minimum Gasteiger partial charge on any atom is -0.0884 e. The SMILES string of the molecule is Cc1ccc(CC(Br)C(C)C)cc1. The first kappa shape index (κ1) is 10.8. The number of halogens is 1. The molecule has 0 radical (unpaired) electrons. The molecule has 1 aromatic carbocycles. The predicted octanol–water partition coefficient (Wildman–Crippen LogP) is 3.96. The van der Waals surface area contributed by atoms with Gasteiger partial charge in [-0.1, -0.05) is 59.6 Å². The van der Waals surface area contributed by atoms with Gasteiger partial charge in [0.15, 0.2) is 0 Å². The van der Waals surface area contributed by atoms with Crippen LogP contribution in [0.4, 0.5) is 0 Å². The van der Waals surface area contributed by atoms with Gasteiger partial charge in [-0.15, -0.1) is 0 Å². The highest BCUT2D eigenvalue weighted by Crippen LogP contribution is 2.17. The topological polar surface area (TPSA) is 0 Å². The van der Waals surface area contributed by atoms with Gasteiger partial charge in [0, 0.05) is 4.83 Å². The van der Waals surface area contributed by atoms with Crippen molar-refractivity contribution in [1.29, 1.82) is 0 Å². The Hall–Kier alpha value is -0.300. The summed E-state index contributed by atoms with van der Waals surface area (Å²) in [5, 5.41) is 0. The van der Waals surface area contributed by atoms with Crippen LogP contribution in [-0.4, -0.2) is 4.83 Å². The van der Waals surface area contributed by atoms with Gasteiger partial charge in [0.2, 0.25) is 0 Å². The van der Waals surface area contributed by atoms with Crippen molar-refractivity contribution < 1.29 is 0 Å². The van der Waals surface area contributed by atoms with Gasteiger partial charge in [0.1, 0.15) is 0 Å². The largest absolute Gasteiger partial charge is 0.0884 e. The Morgan fingerprint density at radius 3 is 2.15 bits per heavy atom. The van der Waals surface area contributed by atoms with Crippen molar-refractivity contribution in [3.05, 3.63) is 35.4 Å². The van der Waals surface area contributed by atoms with Crippen molar-refractivity contribution in [1.82, 2.24) is 0 Å². The van der Waals surface area contributed by atoms with E-state index in [1.165, 1.54) is 11.1 Å². The van der Waals surface area contributed by atoms with E-state index in [1.54, 1.807) is 0 Å². The number of alkyl halides is 1. The smallest absolute Gasteiger partial charge is 0.0209 e. The van der Waals surface area contributed by atoms with Crippen LogP contribution >= 0.6 is 15.9 Å². The van der Waals surface area contributed by atoms with Crippen molar-refractivity contribution in [3.63, 3.8) is 0 Å². The Kier molecular flexibility index (Phi) is 3.98. The normalized spacial score (nSPS) is 13.3. The molecule has 0 saturated carbocycles. The Morgan fingerprint density at radius 1 is 1.15 bits per heavy atom. The molecule has 0 fully saturated rings. The second-order valence-corrected chi connectivity index (χ2v) is 5.13. The van der Waals surface area contributed by atoms with Gasteiger partial charge in [-0.2, -0.15) is 0 Å². The van der Waals surface area contributed by atoms with Crippen LogP contribution in [0.1, 0.15) is 25.0 Å². The number of rotatable bonds is 3. The molecule has 0 aliphatic rings. The van der Waals surface area contributed by atoms with Crippen LogP contribution in [0.5, 0.6) is 0 Å². The number of hydrogen-bond donors (Lipinski definition) is 0. The fourth-order valence-electron chi connectivity index (χ4n) is 1.19. The van der Waals surface area contributed by atoms with Crippen LogP contribution in [0.2, 0.25) is 0 Å². The molecule has 0 nitrogen and oxygen atoms in total. The Labute approximate surface area is 89.5 Å². The van der Waals surface area contributed by atoms with Crippen molar-refractivity contribution in [2.45, 2.75) is 32.0 Å². The summed E-state index contributed by atoms with van der Waals surface area (Å²) >= 11 is 3.70. The molecular formula is C12H17Br. The van der Waals surface area contributed by atoms with E-state index in [1.807, 2.05) is 0 Å². The van der Waals surface area contributed by atoms with E-state index >= 15 is 0 Å². The molecule has 1 unspecified atom stereocenters. The average Bonchev–Trinajstić information content (AvgIpc) is 2.08. The molecular weight excluding hydrogens is 224 g/mol. The lowest BCUT2D eigenvalue weighted by Crippen LogP contribution is -2.10. The van der Waals surface area contributed by atoms with Crippen molar-refractivity contribution >= 4 is 15.9 Å². The molecule has 13 heavy (non-hydrogen) atoms. The van der Waals surface area contributed by atoms with Gasteiger partial charge >= 0.3 is 0 Å². The summed E-state index contributed by atoms with van der Waals surface area (Å²) in [4.78, 5) is 0.593. The molecule has 0 aliphatic heterocycles. The van der Waals surface area contributed by atoms with Crippen molar-refractivity contribution in [2.75, 3.05) is 0 Å². The molecule has 0 saturated heterocycles. The fraction of sp³-hybridized carbons (Fsp3) is 0.500. The van der Waals surface area contributed by atoms with E-state index in [9.17, 15) is 0 Å². The average molecular weight is 241 g/mol. The van der Waals surface area contributed by atoms with E-state index in [0.717, 1.165) is 6.42 Å². The summed E-state index contributed by atoms with van der Waals surface area (Å²) in [6, 6.07) is 8.78. The number of benzene rings is 1. The van der Waals surface area contributed by atoms with E-state index in [4.69, 9.17) is 0 Å². The van der Waals surface area contributed by atoms with Crippen LogP contribution in [0.3, 0.4) is 0 Å². The number of aryl methyl sites for hydroxylation is 1. The Bertz CT molecular complexity index is 248. The molecule has 0 aromatic heterocycles. The van der Waals surface area contributed by atoms with Gasteiger partial charge in [-0.25, -0.2) is 0 Å². The first-order valence-electron chi connectivity index (χ1n) is 4.79. The third-order valence-corrected chi connectivity index (χ3v) is 3.66. The third-order valence-electron chi connectivity index (χ3n) is 2.27. The standard InChI is InChI=1S/C12H17Br/c1-9(2)12(13)8-11-6-4-10(3)5-7-11/h4-7,9,12H,8H2,1-3H3. The van der Waals surface area contributed by atoms with E-state index in [-0.39, 0.29) is 0 Å². The number of hydrogen-bond acceptors (Lipinski definition) is 0. The zero-order valence-electron chi connectivity index (χ0n) is 8.55. The first-order valence-corrected chi connectivity index (χ1v) is 5.71. The highest BCUT2D eigenvalue weighted by molar-refractivity contribution is 9.09. The second-order valence-electron chi connectivity index (χ2n) is 3.95. The Morgan fingerprint density at radius 2 is 1.69 bits per heavy atom. The maximum absolute atomic E-state index is 3.70. The summed E-state index contributed by atoms with van der Waals surface area (Å²) < 4.78 is 0. The van der Waals surface area contributed by atoms with Crippen LogP contribution in [0.25, 0.3) is 0 Å². The maximum atomic E-state index is 3.70. The molecule has 0 spiro atoms. The summed E-state index contributed by atoms with van der Waals surface area (Å²) in [6.07, 6.45) is 1.12. The van der Waals surface area contributed by atoms with Gasteiger partial charge < -0.3 is 0 Å². The lowest BCUT2D eigenvalue weighted by molar-refractivity contribution is 0.613. The van der Waals surface area contributed by atoms with Crippen LogP contribution < -0.4 is 0 Å². The molecule has 0 N–H and O–H groups in total. The summed E-state index contributed by atoms with van der Waals surface area (Å²) in [5.74, 6) is 0.696. The molecule has 1 rings (SSSR count). The molecule has 0 bridgehead atoms. The monoisotopic (exact) mass is 240 g/mol. The van der Waals surface area contributed by atoms with Crippen LogP contribution in [-0.2, 0) is 6.42 Å². The minimum atomic E-state index is 0.593.